The third kappa shape index (κ3) is 5.24. The molecule has 1 amide bonds. The van der Waals surface area contributed by atoms with E-state index >= 15 is 0 Å². The van der Waals surface area contributed by atoms with Gasteiger partial charge in [-0.25, -0.2) is 13.2 Å². The van der Waals surface area contributed by atoms with Gasteiger partial charge >= 0.3 is 5.97 Å². The second-order valence-corrected chi connectivity index (χ2v) is 11.3. The topological polar surface area (TPSA) is 130 Å². The van der Waals surface area contributed by atoms with Crippen LogP contribution in [0.1, 0.15) is 42.2 Å². The summed E-state index contributed by atoms with van der Waals surface area (Å²) in [4.78, 5) is 52.7. The van der Waals surface area contributed by atoms with E-state index in [1.165, 1.54) is 46.8 Å². The van der Waals surface area contributed by atoms with Gasteiger partial charge in [0.05, 0.1) is 10.5 Å². The zero-order valence-corrected chi connectivity index (χ0v) is 21.9. The van der Waals surface area contributed by atoms with Gasteiger partial charge in [0.1, 0.15) is 0 Å². The summed E-state index contributed by atoms with van der Waals surface area (Å²) in [5.74, 6) is -2.12. The molecule has 0 saturated carbocycles. The standard InChI is InChI=1S/C28H25N3O7S/c1-30-11-13-31(14-12-30)39(36,37)20-6-4-5-18(15-20)28(35)38-17-25(32)29-19-9-10-23-24(16-19)27(34)22-8-3-2-7-21(22)26(23)33/h2-10,15-16H,11-14,17H2,1H3,(H,29,32). The molecule has 0 radical (unpaired) electrons. The van der Waals surface area contributed by atoms with E-state index in [1.807, 2.05) is 11.9 Å². The summed E-state index contributed by atoms with van der Waals surface area (Å²) >= 11 is 0. The summed E-state index contributed by atoms with van der Waals surface area (Å²) in [5.41, 5.74) is 1.30. The van der Waals surface area contributed by atoms with Gasteiger partial charge in [-0.3, -0.25) is 14.4 Å². The summed E-state index contributed by atoms with van der Waals surface area (Å²) in [6.45, 7) is 1.28. The number of ketones is 2. The number of hydrogen-bond acceptors (Lipinski definition) is 8. The lowest BCUT2D eigenvalue weighted by Gasteiger charge is -2.31. The molecule has 3 aromatic carbocycles. The Kier molecular flexibility index (Phi) is 7.13. The van der Waals surface area contributed by atoms with Crippen molar-refractivity contribution in [1.82, 2.24) is 9.21 Å². The first-order valence-corrected chi connectivity index (χ1v) is 13.7. The first-order valence-electron chi connectivity index (χ1n) is 12.2. The van der Waals surface area contributed by atoms with Gasteiger partial charge in [0, 0.05) is 54.1 Å². The number of likely N-dealkylation sites (N-methyl/N-ethyl adjacent to an activating group) is 1. The molecule has 39 heavy (non-hydrogen) atoms. The number of esters is 1. The molecular formula is C28H25N3O7S. The van der Waals surface area contributed by atoms with Gasteiger partial charge in [0.25, 0.3) is 5.91 Å². The monoisotopic (exact) mass is 547 g/mol. The SMILES string of the molecule is CN1CCN(S(=O)(=O)c2cccc(C(=O)OCC(=O)Nc3ccc4c(c3)C(=O)c3ccccc3C4=O)c2)CC1. The van der Waals surface area contributed by atoms with Crippen molar-refractivity contribution in [2.75, 3.05) is 45.2 Å². The number of amides is 1. The van der Waals surface area contributed by atoms with Gasteiger partial charge in [-0.1, -0.05) is 30.3 Å². The zero-order chi connectivity index (χ0) is 27.7. The third-order valence-corrected chi connectivity index (χ3v) is 8.61. The number of nitrogens with one attached hydrogen (secondary N) is 1. The van der Waals surface area contributed by atoms with E-state index in [2.05, 4.69) is 5.32 Å². The van der Waals surface area contributed by atoms with Crippen LogP contribution in [0.2, 0.25) is 0 Å². The van der Waals surface area contributed by atoms with Gasteiger partial charge in [0.15, 0.2) is 18.2 Å². The average Bonchev–Trinajstić information content (AvgIpc) is 2.95. The van der Waals surface area contributed by atoms with E-state index < -0.39 is 28.5 Å². The Morgan fingerprint density at radius 2 is 1.46 bits per heavy atom. The van der Waals surface area contributed by atoms with E-state index in [0.29, 0.717) is 37.3 Å². The van der Waals surface area contributed by atoms with Crippen LogP contribution in [-0.2, 0) is 19.6 Å². The maximum atomic E-state index is 13.0. The number of piperazine rings is 1. The van der Waals surface area contributed by atoms with E-state index in [-0.39, 0.29) is 38.8 Å². The van der Waals surface area contributed by atoms with Crippen LogP contribution in [0.5, 0.6) is 0 Å². The first-order chi connectivity index (χ1) is 18.6. The maximum Gasteiger partial charge on any atom is 0.338 e. The molecule has 11 heteroatoms. The van der Waals surface area contributed by atoms with Gasteiger partial charge in [0.2, 0.25) is 10.0 Å². The number of carbonyl (C=O) groups is 4. The third-order valence-electron chi connectivity index (χ3n) is 6.71. The van der Waals surface area contributed by atoms with Crippen LogP contribution >= 0.6 is 0 Å². The maximum absolute atomic E-state index is 13.0. The molecule has 10 nitrogen and oxygen atoms in total. The van der Waals surface area contributed by atoms with Crippen LogP contribution in [0.15, 0.2) is 71.6 Å². The number of rotatable bonds is 6. The van der Waals surface area contributed by atoms with Crippen LogP contribution < -0.4 is 5.32 Å². The minimum atomic E-state index is -3.78. The number of benzene rings is 3. The molecule has 0 unspecified atom stereocenters. The van der Waals surface area contributed by atoms with Gasteiger partial charge in [-0.05, 0) is 43.4 Å². The first kappa shape index (κ1) is 26.4. The molecular weight excluding hydrogens is 522 g/mol. The number of carbonyl (C=O) groups excluding carboxylic acids is 4. The molecule has 5 rings (SSSR count). The largest absolute Gasteiger partial charge is 0.452 e. The van der Waals surface area contributed by atoms with Crippen LogP contribution in [0.25, 0.3) is 0 Å². The highest BCUT2D eigenvalue weighted by molar-refractivity contribution is 7.89. The Bertz CT molecular complexity index is 1610. The lowest BCUT2D eigenvalue weighted by atomic mass is 9.84. The fourth-order valence-electron chi connectivity index (χ4n) is 4.55. The molecule has 0 spiro atoms. The highest BCUT2D eigenvalue weighted by Crippen LogP contribution is 2.29. The zero-order valence-electron chi connectivity index (χ0n) is 21.0. The Labute approximate surface area is 225 Å². The molecule has 0 atom stereocenters. The number of sulfonamides is 1. The molecule has 1 saturated heterocycles. The van der Waals surface area contributed by atoms with Crippen molar-refractivity contribution in [2.24, 2.45) is 0 Å². The molecule has 1 N–H and O–H groups in total. The van der Waals surface area contributed by atoms with E-state index in [4.69, 9.17) is 4.74 Å². The number of nitrogens with zero attached hydrogens (tertiary/aromatic N) is 2. The van der Waals surface area contributed by atoms with Crippen LogP contribution in [0.4, 0.5) is 5.69 Å². The molecule has 3 aromatic rings. The molecule has 1 heterocycles. The molecule has 0 bridgehead atoms. The molecule has 1 aliphatic carbocycles. The van der Waals surface area contributed by atoms with Crippen molar-refractivity contribution < 1.29 is 32.3 Å². The minimum absolute atomic E-state index is 0.00504. The summed E-state index contributed by atoms with van der Waals surface area (Å²) in [5, 5.41) is 2.55. The summed E-state index contributed by atoms with van der Waals surface area (Å²) in [6.07, 6.45) is 0. The minimum Gasteiger partial charge on any atom is -0.452 e. The van der Waals surface area contributed by atoms with Crippen molar-refractivity contribution in [3.8, 4) is 0 Å². The predicted octanol–water partition coefficient (Wildman–Crippen LogP) is 2.19. The Morgan fingerprint density at radius 1 is 0.821 bits per heavy atom. The quantitative estimate of drug-likeness (QED) is 0.364. The Hall–Kier alpha value is -4.19. The number of ether oxygens (including phenoxy) is 1. The summed E-state index contributed by atoms with van der Waals surface area (Å²) < 4.78 is 32.5. The van der Waals surface area contributed by atoms with Crippen molar-refractivity contribution in [3.63, 3.8) is 0 Å². The lowest BCUT2D eigenvalue weighted by molar-refractivity contribution is -0.119. The smallest absolute Gasteiger partial charge is 0.338 e. The number of fused-ring (bicyclic) bond motifs is 2. The lowest BCUT2D eigenvalue weighted by Crippen LogP contribution is -2.47. The summed E-state index contributed by atoms with van der Waals surface area (Å²) in [6, 6.07) is 16.4. The fraction of sp³-hybridized carbons (Fsp3) is 0.214. The van der Waals surface area contributed by atoms with Crippen molar-refractivity contribution in [2.45, 2.75) is 4.90 Å². The second kappa shape index (κ2) is 10.5. The molecule has 1 fully saturated rings. The summed E-state index contributed by atoms with van der Waals surface area (Å²) in [7, 11) is -1.86. The van der Waals surface area contributed by atoms with Gasteiger partial charge in [-0.2, -0.15) is 4.31 Å². The van der Waals surface area contributed by atoms with Crippen molar-refractivity contribution in [1.29, 1.82) is 0 Å². The predicted molar refractivity (Wildman–Crippen MR) is 141 cm³/mol. The van der Waals surface area contributed by atoms with Crippen LogP contribution in [0, 0.1) is 0 Å². The van der Waals surface area contributed by atoms with Crippen molar-refractivity contribution in [3.05, 3.63) is 94.5 Å². The number of hydrogen-bond donors (Lipinski definition) is 1. The Balaban J connectivity index is 1.23. The van der Waals surface area contributed by atoms with Crippen LogP contribution in [0.3, 0.4) is 0 Å². The average molecular weight is 548 g/mol. The Morgan fingerprint density at radius 3 is 2.15 bits per heavy atom. The highest BCUT2D eigenvalue weighted by Gasteiger charge is 2.30. The van der Waals surface area contributed by atoms with E-state index in [0.717, 1.165) is 0 Å². The van der Waals surface area contributed by atoms with Gasteiger partial charge < -0.3 is 15.0 Å². The highest BCUT2D eigenvalue weighted by atomic mass is 32.2. The van der Waals surface area contributed by atoms with Gasteiger partial charge in [-0.15, -0.1) is 0 Å². The number of anilines is 1. The van der Waals surface area contributed by atoms with E-state index in [1.54, 1.807) is 24.3 Å². The van der Waals surface area contributed by atoms with Crippen LogP contribution in [-0.4, -0.2) is 80.9 Å². The molecule has 200 valence electrons. The van der Waals surface area contributed by atoms with Crippen molar-refractivity contribution >= 4 is 39.2 Å². The fourth-order valence-corrected chi connectivity index (χ4v) is 6.02. The second-order valence-electron chi connectivity index (χ2n) is 9.32. The molecule has 2 aliphatic rings. The van der Waals surface area contributed by atoms with E-state index in [9.17, 15) is 27.6 Å². The normalized spacial score (nSPS) is 15.8. The molecule has 1 aliphatic heterocycles. The molecule has 0 aromatic heterocycles.